The van der Waals surface area contributed by atoms with Crippen LogP contribution in [0, 0.1) is 0 Å². The molecule has 0 aromatic carbocycles. The number of nitrogens with one attached hydrogen (secondary N) is 1. The van der Waals surface area contributed by atoms with E-state index >= 15 is 0 Å². The zero-order valence-electron chi connectivity index (χ0n) is 7.95. The molecule has 0 bridgehead atoms. The second kappa shape index (κ2) is 3.09. The number of nitrogens with zero attached hydrogens (tertiary/aromatic N) is 1. The fourth-order valence-electron chi connectivity index (χ4n) is 1.53. The third-order valence-corrected chi connectivity index (χ3v) is 2.21. The van der Waals surface area contributed by atoms with Crippen molar-refractivity contribution in [3.8, 4) is 0 Å². The molecular weight excluding hydrogens is 164 g/mol. The molecule has 2 rings (SSSR count). The van der Waals surface area contributed by atoms with E-state index < -0.39 is 0 Å². The molecule has 0 aliphatic carbocycles. The monoisotopic (exact) mass is 178 g/mol. The molecule has 3 nitrogen and oxygen atoms in total. The van der Waals surface area contributed by atoms with Gasteiger partial charge in [0.05, 0.1) is 6.10 Å². The molecule has 0 radical (unpaired) electrons. The minimum atomic E-state index is -0.208. The Hall–Kier alpha value is -0.930. The zero-order chi connectivity index (χ0) is 9.31. The lowest BCUT2D eigenvalue weighted by Gasteiger charge is -2.18. The van der Waals surface area contributed by atoms with Crippen LogP contribution in [0.4, 0.5) is 0 Å². The highest BCUT2D eigenvalue weighted by Gasteiger charge is 2.31. The molecule has 1 atom stereocenters. The normalized spacial score (nSPS) is 26.2. The van der Waals surface area contributed by atoms with Gasteiger partial charge in [0.15, 0.2) is 0 Å². The fourth-order valence-corrected chi connectivity index (χ4v) is 1.53. The van der Waals surface area contributed by atoms with Crippen LogP contribution in [0.2, 0.25) is 0 Å². The van der Waals surface area contributed by atoms with E-state index in [1.54, 1.807) is 6.20 Å². The molecular formula is C10H14N2O. The van der Waals surface area contributed by atoms with Crippen molar-refractivity contribution < 1.29 is 4.74 Å². The molecule has 1 aromatic rings. The number of hydrogen-bond acceptors (Lipinski definition) is 3. The van der Waals surface area contributed by atoms with Crippen molar-refractivity contribution >= 4 is 0 Å². The maximum absolute atomic E-state index is 5.78. The van der Waals surface area contributed by atoms with Gasteiger partial charge in [0.1, 0.15) is 5.72 Å². The number of rotatable bonds is 1. The van der Waals surface area contributed by atoms with Gasteiger partial charge >= 0.3 is 0 Å². The summed E-state index contributed by atoms with van der Waals surface area (Å²) in [5.41, 5.74) is 0.932. The van der Waals surface area contributed by atoms with Crippen molar-refractivity contribution in [3.05, 3.63) is 30.1 Å². The van der Waals surface area contributed by atoms with Crippen LogP contribution in [0.25, 0.3) is 0 Å². The molecule has 13 heavy (non-hydrogen) atoms. The smallest absolute Gasteiger partial charge is 0.114 e. The van der Waals surface area contributed by atoms with E-state index in [2.05, 4.69) is 10.3 Å². The first-order valence-electron chi connectivity index (χ1n) is 4.50. The van der Waals surface area contributed by atoms with Gasteiger partial charge in [-0.3, -0.25) is 10.3 Å². The maximum Gasteiger partial charge on any atom is 0.114 e. The highest BCUT2D eigenvalue weighted by Crippen LogP contribution is 2.27. The summed E-state index contributed by atoms with van der Waals surface area (Å²) in [6.45, 7) is 4.92. The van der Waals surface area contributed by atoms with Gasteiger partial charge < -0.3 is 4.74 Å². The lowest BCUT2D eigenvalue weighted by molar-refractivity contribution is -0.0242. The number of hydrogen-bond donors (Lipinski definition) is 1. The second-order valence-corrected chi connectivity index (χ2v) is 3.78. The third kappa shape index (κ3) is 1.87. The highest BCUT2D eigenvalue weighted by atomic mass is 16.5. The van der Waals surface area contributed by atoms with E-state index in [-0.39, 0.29) is 11.8 Å². The van der Waals surface area contributed by atoms with Crippen molar-refractivity contribution in [3.63, 3.8) is 0 Å². The van der Waals surface area contributed by atoms with E-state index in [1.165, 1.54) is 0 Å². The molecule has 70 valence electrons. The Morgan fingerprint density at radius 1 is 1.62 bits per heavy atom. The minimum Gasteiger partial charge on any atom is -0.352 e. The van der Waals surface area contributed by atoms with Crippen molar-refractivity contribution in [2.45, 2.75) is 25.7 Å². The van der Waals surface area contributed by atoms with Gasteiger partial charge in [0, 0.05) is 24.5 Å². The molecule has 1 saturated heterocycles. The van der Waals surface area contributed by atoms with E-state index in [9.17, 15) is 0 Å². The van der Waals surface area contributed by atoms with E-state index in [4.69, 9.17) is 4.74 Å². The topological polar surface area (TPSA) is 34.2 Å². The summed E-state index contributed by atoms with van der Waals surface area (Å²) in [5.74, 6) is 0. The molecule has 1 aromatic heterocycles. The Kier molecular flexibility index (Phi) is 2.06. The van der Waals surface area contributed by atoms with Gasteiger partial charge in [-0.1, -0.05) is 6.07 Å². The first kappa shape index (κ1) is 8.66. The molecule has 1 unspecified atom stereocenters. The predicted molar refractivity (Wildman–Crippen MR) is 50.1 cm³/mol. The Labute approximate surface area is 78.1 Å². The summed E-state index contributed by atoms with van der Waals surface area (Å²) in [5, 5.41) is 3.29. The first-order valence-corrected chi connectivity index (χ1v) is 4.50. The Balaban J connectivity index is 2.13. The van der Waals surface area contributed by atoms with E-state index in [1.807, 2.05) is 32.2 Å². The van der Waals surface area contributed by atoms with E-state index in [0.717, 1.165) is 12.1 Å². The quantitative estimate of drug-likeness (QED) is 0.707. The van der Waals surface area contributed by atoms with Gasteiger partial charge in [-0.25, -0.2) is 0 Å². The van der Waals surface area contributed by atoms with Crippen LogP contribution in [0.5, 0.6) is 0 Å². The third-order valence-electron chi connectivity index (χ3n) is 2.21. The van der Waals surface area contributed by atoms with Crippen LogP contribution in [0.3, 0.4) is 0 Å². The van der Waals surface area contributed by atoms with Crippen LogP contribution in [-0.2, 0) is 4.74 Å². The molecule has 0 amide bonds. The summed E-state index contributed by atoms with van der Waals surface area (Å²) < 4.78 is 5.78. The van der Waals surface area contributed by atoms with Crippen LogP contribution in [0.1, 0.15) is 25.5 Å². The first-order chi connectivity index (χ1) is 6.17. The molecule has 1 aliphatic heterocycles. The molecule has 0 spiro atoms. The van der Waals surface area contributed by atoms with Crippen molar-refractivity contribution in [1.82, 2.24) is 10.3 Å². The molecule has 1 aliphatic rings. The fraction of sp³-hybridized carbons (Fsp3) is 0.500. The average Bonchev–Trinajstić information content (AvgIpc) is 2.48. The number of pyridine rings is 1. The molecule has 2 heterocycles. The maximum atomic E-state index is 5.78. The standard InChI is InChI=1S/C10H14N2O/c1-10(2)12-7-9(13-10)8-4-3-5-11-6-8/h3-6,9,12H,7H2,1-2H3. The summed E-state index contributed by atoms with van der Waals surface area (Å²) in [6.07, 6.45) is 3.77. The second-order valence-electron chi connectivity index (χ2n) is 3.78. The lowest BCUT2D eigenvalue weighted by Crippen LogP contribution is -2.33. The molecule has 1 N–H and O–H groups in total. The van der Waals surface area contributed by atoms with Gasteiger partial charge in [0.2, 0.25) is 0 Å². The largest absolute Gasteiger partial charge is 0.352 e. The summed E-state index contributed by atoms with van der Waals surface area (Å²) in [4.78, 5) is 4.07. The van der Waals surface area contributed by atoms with Crippen LogP contribution < -0.4 is 5.32 Å². The molecule has 0 saturated carbocycles. The Bertz CT molecular complexity index is 284. The predicted octanol–water partition coefficient (Wildman–Crippen LogP) is 1.48. The van der Waals surface area contributed by atoms with Crippen LogP contribution in [-0.4, -0.2) is 17.3 Å². The average molecular weight is 178 g/mol. The van der Waals surface area contributed by atoms with E-state index in [0.29, 0.717) is 0 Å². The van der Waals surface area contributed by atoms with Gasteiger partial charge in [-0.2, -0.15) is 0 Å². The number of aromatic nitrogens is 1. The number of ether oxygens (including phenoxy) is 1. The molecule has 3 heteroatoms. The molecule has 1 fully saturated rings. The Morgan fingerprint density at radius 2 is 2.46 bits per heavy atom. The minimum absolute atomic E-state index is 0.142. The van der Waals surface area contributed by atoms with Gasteiger partial charge in [-0.15, -0.1) is 0 Å². The van der Waals surface area contributed by atoms with Crippen molar-refractivity contribution in [2.24, 2.45) is 0 Å². The van der Waals surface area contributed by atoms with Crippen molar-refractivity contribution in [2.75, 3.05) is 6.54 Å². The van der Waals surface area contributed by atoms with Crippen LogP contribution in [0.15, 0.2) is 24.5 Å². The SMILES string of the molecule is CC1(C)NCC(c2cccnc2)O1. The zero-order valence-corrected chi connectivity index (χ0v) is 7.95. The van der Waals surface area contributed by atoms with Gasteiger partial charge in [-0.05, 0) is 19.9 Å². The van der Waals surface area contributed by atoms with Crippen LogP contribution >= 0.6 is 0 Å². The summed E-state index contributed by atoms with van der Waals surface area (Å²) in [6, 6.07) is 3.98. The summed E-state index contributed by atoms with van der Waals surface area (Å²) in [7, 11) is 0. The van der Waals surface area contributed by atoms with Gasteiger partial charge in [0.25, 0.3) is 0 Å². The Morgan fingerprint density at radius 3 is 3.00 bits per heavy atom. The van der Waals surface area contributed by atoms with Crippen molar-refractivity contribution in [1.29, 1.82) is 0 Å². The summed E-state index contributed by atoms with van der Waals surface area (Å²) >= 11 is 0. The highest BCUT2D eigenvalue weighted by molar-refractivity contribution is 5.14. The lowest BCUT2D eigenvalue weighted by atomic mass is 10.2.